The minimum Gasteiger partial charge on any atom is -0.493 e. The summed E-state index contributed by atoms with van der Waals surface area (Å²) in [7, 11) is 1.65. The van der Waals surface area contributed by atoms with Crippen LogP contribution in [0.5, 0.6) is 5.75 Å². The van der Waals surface area contributed by atoms with Crippen LogP contribution >= 0.6 is 24.0 Å². The first kappa shape index (κ1) is 25.2. The molecule has 0 aliphatic carbocycles. The van der Waals surface area contributed by atoms with Crippen LogP contribution in [0.4, 0.5) is 0 Å². The molecule has 2 aromatic carbocycles. The molecular formula is C27H29N3O3S2. The Balaban J connectivity index is 1.71. The van der Waals surface area contributed by atoms with Gasteiger partial charge in [0.15, 0.2) is 0 Å². The lowest BCUT2D eigenvalue weighted by Gasteiger charge is -2.13. The van der Waals surface area contributed by atoms with E-state index in [0.717, 1.165) is 46.7 Å². The molecule has 0 N–H and O–H groups in total. The number of rotatable bonds is 10. The molecule has 6 nitrogen and oxygen atoms in total. The topological polar surface area (TPSA) is 56.6 Å². The lowest BCUT2D eigenvalue weighted by atomic mass is 10.0. The van der Waals surface area contributed by atoms with Gasteiger partial charge in [0, 0.05) is 37.6 Å². The van der Waals surface area contributed by atoms with Crippen LogP contribution < -0.4 is 4.74 Å². The highest BCUT2D eigenvalue weighted by Crippen LogP contribution is 2.35. The van der Waals surface area contributed by atoms with Crippen molar-refractivity contribution in [3.05, 3.63) is 70.8 Å². The monoisotopic (exact) mass is 507 g/mol. The summed E-state index contributed by atoms with van der Waals surface area (Å²) < 4.78 is 13.4. The third-order valence-electron chi connectivity index (χ3n) is 5.56. The number of hydrogen-bond donors (Lipinski definition) is 0. The molecule has 1 saturated heterocycles. The van der Waals surface area contributed by atoms with Crippen LogP contribution in [0.15, 0.2) is 59.6 Å². The van der Waals surface area contributed by atoms with E-state index in [1.807, 2.05) is 66.3 Å². The lowest BCUT2D eigenvalue weighted by Crippen LogP contribution is -2.29. The zero-order valence-electron chi connectivity index (χ0n) is 20.2. The van der Waals surface area contributed by atoms with Crippen molar-refractivity contribution in [2.75, 3.05) is 26.9 Å². The smallest absolute Gasteiger partial charge is 0.266 e. The molecular weight excluding hydrogens is 478 g/mol. The zero-order chi connectivity index (χ0) is 24.8. The summed E-state index contributed by atoms with van der Waals surface area (Å²) in [6.07, 6.45) is 5.54. The van der Waals surface area contributed by atoms with Crippen molar-refractivity contribution in [1.29, 1.82) is 0 Å². The predicted octanol–water partition coefficient (Wildman–Crippen LogP) is 5.87. The predicted molar refractivity (Wildman–Crippen MR) is 146 cm³/mol. The summed E-state index contributed by atoms with van der Waals surface area (Å²) in [5, 5.41) is 4.90. The molecule has 2 heterocycles. The first-order valence-electron chi connectivity index (χ1n) is 11.6. The van der Waals surface area contributed by atoms with Crippen molar-refractivity contribution in [2.45, 2.75) is 26.7 Å². The number of methoxy groups -OCH3 is 1. The summed E-state index contributed by atoms with van der Waals surface area (Å²) in [4.78, 5) is 15.3. The Labute approximate surface area is 215 Å². The zero-order valence-corrected chi connectivity index (χ0v) is 21.8. The Bertz CT molecular complexity index is 1240. The number of nitrogens with zero attached hydrogens (tertiary/aromatic N) is 3. The number of para-hydroxylation sites is 1. The van der Waals surface area contributed by atoms with Crippen molar-refractivity contribution in [1.82, 2.24) is 14.7 Å². The molecule has 182 valence electrons. The third-order valence-corrected chi connectivity index (χ3v) is 6.94. The third kappa shape index (κ3) is 5.83. The maximum Gasteiger partial charge on any atom is 0.266 e. The van der Waals surface area contributed by atoms with Gasteiger partial charge in [-0.1, -0.05) is 49.1 Å². The molecule has 0 bridgehead atoms. The van der Waals surface area contributed by atoms with Crippen LogP contribution in [-0.4, -0.2) is 51.8 Å². The number of carbonyl (C=O) groups is 1. The summed E-state index contributed by atoms with van der Waals surface area (Å²) in [5.41, 5.74) is 4.60. The van der Waals surface area contributed by atoms with Crippen LogP contribution in [0.1, 0.15) is 30.9 Å². The number of carbonyl (C=O) groups excluding carboxylic acids is 1. The maximum absolute atomic E-state index is 13.1. The van der Waals surface area contributed by atoms with E-state index in [1.54, 1.807) is 12.0 Å². The molecule has 1 amide bonds. The van der Waals surface area contributed by atoms with Gasteiger partial charge >= 0.3 is 0 Å². The van der Waals surface area contributed by atoms with E-state index in [4.69, 9.17) is 26.8 Å². The Kier molecular flexibility index (Phi) is 8.38. The molecule has 1 aliphatic heterocycles. The number of hydrogen-bond acceptors (Lipinski definition) is 6. The van der Waals surface area contributed by atoms with E-state index in [1.165, 1.54) is 11.8 Å². The molecule has 3 aromatic rings. The Morgan fingerprint density at radius 3 is 2.66 bits per heavy atom. The number of amides is 1. The van der Waals surface area contributed by atoms with Gasteiger partial charge in [0.2, 0.25) is 0 Å². The molecule has 0 spiro atoms. The average Bonchev–Trinajstić information content (AvgIpc) is 3.40. The summed E-state index contributed by atoms with van der Waals surface area (Å²) in [6, 6.07) is 16.0. The molecule has 0 atom stereocenters. The van der Waals surface area contributed by atoms with Crippen LogP contribution in [0.2, 0.25) is 0 Å². The minimum atomic E-state index is -0.0750. The van der Waals surface area contributed by atoms with E-state index in [-0.39, 0.29) is 5.91 Å². The van der Waals surface area contributed by atoms with Crippen LogP contribution in [0.3, 0.4) is 0 Å². The van der Waals surface area contributed by atoms with Crippen molar-refractivity contribution < 1.29 is 14.3 Å². The normalized spacial score (nSPS) is 14.8. The molecule has 0 unspecified atom stereocenters. The van der Waals surface area contributed by atoms with Crippen molar-refractivity contribution in [3.63, 3.8) is 0 Å². The minimum absolute atomic E-state index is 0.0750. The number of aryl methyl sites for hydroxylation is 1. The van der Waals surface area contributed by atoms with E-state index in [9.17, 15) is 4.79 Å². The summed E-state index contributed by atoms with van der Waals surface area (Å²) >= 11 is 6.82. The van der Waals surface area contributed by atoms with Gasteiger partial charge in [0.25, 0.3) is 5.91 Å². The van der Waals surface area contributed by atoms with E-state index in [2.05, 4.69) is 13.0 Å². The van der Waals surface area contributed by atoms with Gasteiger partial charge in [-0.05, 0) is 61.7 Å². The maximum atomic E-state index is 13.1. The number of ether oxygens (including phenoxy) is 2. The van der Waals surface area contributed by atoms with Crippen LogP contribution in [0, 0.1) is 6.92 Å². The molecule has 0 radical (unpaired) electrons. The highest BCUT2D eigenvalue weighted by molar-refractivity contribution is 8.26. The van der Waals surface area contributed by atoms with E-state index >= 15 is 0 Å². The SMILES string of the molecule is CCCOc1ccc(-c2nn(-c3ccccc3)cc2C=C2SC(=S)N(CCCOC)C2=O)cc1C. The van der Waals surface area contributed by atoms with Crippen molar-refractivity contribution >= 4 is 40.3 Å². The van der Waals surface area contributed by atoms with Crippen molar-refractivity contribution in [3.8, 4) is 22.7 Å². The second-order valence-electron chi connectivity index (χ2n) is 8.22. The van der Waals surface area contributed by atoms with Crippen LogP contribution in [0.25, 0.3) is 23.0 Å². The molecule has 1 fully saturated rings. The van der Waals surface area contributed by atoms with Gasteiger partial charge < -0.3 is 9.47 Å². The molecule has 4 rings (SSSR count). The number of thioether (sulfide) groups is 1. The fraction of sp³-hybridized carbons (Fsp3) is 0.296. The standard InChI is InChI=1S/C27H29N3O3S2/c1-4-14-33-23-12-11-20(16-19(23)2)25-21(18-30(28-25)22-9-6-5-7-10-22)17-24-26(31)29(27(34)35-24)13-8-15-32-3/h5-7,9-12,16-18H,4,8,13-15H2,1-3H3. The van der Waals surface area contributed by atoms with Gasteiger partial charge in [-0.25, -0.2) is 4.68 Å². The Morgan fingerprint density at radius 2 is 1.94 bits per heavy atom. The van der Waals surface area contributed by atoms with Gasteiger partial charge in [0.1, 0.15) is 15.8 Å². The highest BCUT2D eigenvalue weighted by atomic mass is 32.2. The second kappa shape index (κ2) is 11.7. The number of aromatic nitrogens is 2. The second-order valence-corrected chi connectivity index (χ2v) is 9.90. The summed E-state index contributed by atoms with van der Waals surface area (Å²) in [5.74, 6) is 0.797. The van der Waals surface area contributed by atoms with Crippen LogP contribution in [-0.2, 0) is 9.53 Å². The summed E-state index contributed by atoms with van der Waals surface area (Å²) in [6.45, 7) is 5.94. The fourth-order valence-corrected chi connectivity index (χ4v) is 5.10. The fourth-order valence-electron chi connectivity index (χ4n) is 3.80. The number of benzene rings is 2. The highest BCUT2D eigenvalue weighted by Gasteiger charge is 2.32. The molecule has 35 heavy (non-hydrogen) atoms. The molecule has 0 saturated carbocycles. The van der Waals surface area contributed by atoms with Gasteiger partial charge in [0.05, 0.1) is 17.2 Å². The molecule has 1 aliphatic rings. The molecule has 1 aromatic heterocycles. The Hall–Kier alpha value is -2.94. The quantitative estimate of drug-likeness (QED) is 0.194. The first-order chi connectivity index (χ1) is 17.0. The molecule has 8 heteroatoms. The van der Waals surface area contributed by atoms with E-state index < -0.39 is 0 Å². The van der Waals surface area contributed by atoms with E-state index in [0.29, 0.717) is 29.0 Å². The lowest BCUT2D eigenvalue weighted by molar-refractivity contribution is -0.122. The van der Waals surface area contributed by atoms with Gasteiger partial charge in [-0.15, -0.1) is 0 Å². The Morgan fingerprint density at radius 1 is 1.14 bits per heavy atom. The first-order valence-corrected chi connectivity index (χ1v) is 12.9. The van der Waals surface area contributed by atoms with Crippen molar-refractivity contribution in [2.24, 2.45) is 0 Å². The van der Waals surface area contributed by atoms with Gasteiger partial charge in [-0.2, -0.15) is 5.10 Å². The number of thiocarbonyl (C=S) groups is 1. The van der Waals surface area contributed by atoms with Gasteiger partial charge in [-0.3, -0.25) is 9.69 Å². The largest absolute Gasteiger partial charge is 0.493 e. The average molecular weight is 508 g/mol.